The van der Waals surface area contributed by atoms with Crippen molar-refractivity contribution in [2.75, 3.05) is 19.7 Å². The van der Waals surface area contributed by atoms with Crippen LogP contribution < -0.4 is 0 Å². The zero-order valence-corrected chi connectivity index (χ0v) is 11.7. The number of benzene rings is 1. The normalized spacial score (nSPS) is 18.0. The Labute approximate surface area is 125 Å². The minimum Gasteiger partial charge on any atom is -0.396 e. The molecule has 0 aliphatic carbocycles. The lowest BCUT2D eigenvalue weighted by atomic mass is 10.1. The maximum atomic E-state index is 13.9. The summed E-state index contributed by atoms with van der Waals surface area (Å²) in [6, 6.07) is 3.52. The molecule has 2 heterocycles. The molecule has 7 heteroatoms. The van der Waals surface area contributed by atoms with Crippen molar-refractivity contribution in [3.63, 3.8) is 0 Å². The third-order valence-corrected chi connectivity index (χ3v) is 3.91. The summed E-state index contributed by atoms with van der Waals surface area (Å²) in [5, 5.41) is 15.4. The van der Waals surface area contributed by atoms with E-state index in [1.54, 1.807) is 4.90 Å². The van der Waals surface area contributed by atoms with Crippen molar-refractivity contribution in [1.82, 2.24) is 15.1 Å². The Hall–Kier alpha value is -2.28. The Balaban J connectivity index is 1.94. The topological polar surface area (TPSA) is 69.2 Å². The van der Waals surface area contributed by atoms with Crippen molar-refractivity contribution in [3.8, 4) is 11.3 Å². The van der Waals surface area contributed by atoms with Crippen molar-refractivity contribution in [2.24, 2.45) is 5.92 Å². The highest BCUT2D eigenvalue weighted by atomic mass is 19.1. The number of carbonyl (C=O) groups excluding carboxylic acids is 1. The van der Waals surface area contributed by atoms with E-state index < -0.39 is 11.6 Å². The summed E-state index contributed by atoms with van der Waals surface area (Å²) in [5.74, 6) is -1.81. The number of H-pyrrole nitrogens is 1. The monoisotopic (exact) mass is 307 g/mol. The molecule has 1 aliphatic heterocycles. The number of amides is 1. The van der Waals surface area contributed by atoms with Gasteiger partial charge in [-0.2, -0.15) is 5.10 Å². The van der Waals surface area contributed by atoms with Crippen LogP contribution in [0.15, 0.2) is 24.4 Å². The van der Waals surface area contributed by atoms with E-state index in [1.807, 2.05) is 0 Å². The predicted molar refractivity (Wildman–Crippen MR) is 75.0 cm³/mol. The quantitative estimate of drug-likeness (QED) is 0.908. The van der Waals surface area contributed by atoms with Crippen molar-refractivity contribution < 1.29 is 18.7 Å². The van der Waals surface area contributed by atoms with E-state index >= 15 is 0 Å². The van der Waals surface area contributed by atoms with Crippen LogP contribution in [-0.4, -0.2) is 45.8 Å². The van der Waals surface area contributed by atoms with Gasteiger partial charge in [-0.15, -0.1) is 0 Å². The van der Waals surface area contributed by atoms with E-state index in [-0.39, 0.29) is 35.3 Å². The van der Waals surface area contributed by atoms with Crippen molar-refractivity contribution >= 4 is 5.91 Å². The van der Waals surface area contributed by atoms with Crippen LogP contribution in [-0.2, 0) is 0 Å². The van der Waals surface area contributed by atoms with Crippen LogP contribution in [0.3, 0.4) is 0 Å². The number of hydrogen-bond donors (Lipinski definition) is 2. The van der Waals surface area contributed by atoms with Crippen molar-refractivity contribution in [1.29, 1.82) is 0 Å². The summed E-state index contributed by atoms with van der Waals surface area (Å²) in [6.07, 6.45) is 1.99. The number of nitrogens with zero attached hydrogens (tertiary/aromatic N) is 2. The highest BCUT2D eigenvalue weighted by molar-refractivity contribution is 6.00. The third kappa shape index (κ3) is 2.48. The summed E-state index contributed by atoms with van der Waals surface area (Å²) in [5.41, 5.74) is -0.128. The van der Waals surface area contributed by atoms with Gasteiger partial charge in [0, 0.05) is 25.6 Å². The standard InChI is InChI=1S/C15H15F2N3O2/c16-11-2-1-3-12(17)13(11)14-10(6-18-19-14)15(22)20-5-4-9(7-20)8-21/h1-3,6,9,21H,4-5,7-8H2,(H,18,19). The van der Waals surface area contributed by atoms with Gasteiger partial charge in [-0.25, -0.2) is 8.78 Å². The molecule has 2 aromatic rings. The van der Waals surface area contributed by atoms with Gasteiger partial charge in [-0.3, -0.25) is 9.89 Å². The van der Waals surface area contributed by atoms with Crippen LogP contribution in [0.25, 0.3) is 11.3 Å². The third-order valence-electron chi connectivity index (χ3n) is 3.91. The van der Waals surface area contributed by atoms with E-state index in [0.29, 0.717) is 19.5 Å². The van der Waals surface area contributed by atoms with Gasteiger partial charge in [0.05, 0.1) is 23.0 Å². The fourth-order valence-electron chi connectivity index (χ4n) is 2.71. The molecule has 0 bridgehead atoms. The summed E-state index contributed by atoms with van der Waals surface area (Å²) in [6.45, 7) is 0.956. The second-order valence-corrected chi connectivity index (χ2v) is 5.34. The SMILES string of the molecule is O=C(c1cn[nH]c1-c1c(F)cccc1F)N1CCC(CO)C1. The maximum Gasteiger partial charge on any atom is 0.257 e. The highest BCUT2D eigenvalue weighted by Crippen LogP contribution is 2.29. The summed E-state index contributed by atoms with van der Waals surface area (Å²) in [7, 11) is 0. The van der Waals surface area contributed by atoms with Crippen LogP contribution >= 0.6 is 0 Å². The molecule has 1 fully saturated rings. The molecule has 1 atom stereocenters. The molecule has 1 saturated heterocycles. The lowest BCUT2D eigenvalue weighted by molar-refractivity contribution is 0.0782. The molecule has 1 amide bonds. The first-order chi connectivity index (χ1) is 10.6. The largest absolute Gasteiger partial charge is 0.396 e. The molecule has 0 radical (unpaired) electrons. The Morgan fingerprint density at radius 3 is 2.77 bits per heavy atom. The molecule has 5 nitrogen and oxygen atoms in total. The molecular formula is C15H15F2N3O2. The van der Waals surface area contributed by atoms with Gasteiger partial charge >= 0.3 is 0 Å². The first-order valence-electron chi connectivity index (χ1n) is 6.99. The molecule has 1 aromatic carbocycles. The second kappa shape index (κ2) is 5.84. The first-order valence-corrected chi connectivity index (χ1v) is 6.99. The Morgan fingerprint density at radius 1 is 1.41 bits per heavy atom. The van der Waals surface area contributed by atoms with Crippen LogP contribution in [0.2, 0.25) is 0 Å². The highest BCUT2D eigenvalue weighted by Gasteiger charge is 2.29. The molecule has 1 aliphatic rings. The van der Waals surface area contributed by atoms with E-state index in [2.05, 4.69) is 10.2 Å². The van der Waals surface area contributed by atoms with Crippen molar-refractivity contribution in [2.45, 2.75) is 6.42 Å². The maximum absolute atomic E-state index is 13.9. The minimum absolute atomic E-state index is 0.0178. The number of nitrogens with one attached hydrogen (secondary N) is 1. The molecule has 2 N–H and O–H groups in total. The predicted octanol–water partition coefficient (Wildman–Crippen LogP) is 1.81. The Kier molecular flexibility index (Phi) is 3.89. The smallest absolute Gasteiger partial charge is 0.257 e. The number of aliphatic hydroxyl groups is 1. The van der Waals surface area contributed by atoms with Gasteiger partial charge in [-0.05, 0) is 18.6 Å². The lowest BCUT2D eigenvalue weighted by Crippen LogP contribution is -2.29. The number of aromatic nitrogens is 2. The van der Waals surface area contributed by atoms with Crippen LogP contribution in [0, 0.1) is 17.6 Å². The Morgan fingerprint density at radius 2 is 2.14 bits per heavy atom. The zero-order chi connectivity index (χ0) is 15.7. The molecule has 116 valence electrons. The van der Waals surface area contributed by atoms with E-state index in [9.17, 15) is 13.6 Å². The second-order valence-electron chi connectivity index (χ2n) is 5.34. The van der Waals surface area contributed by atoms with Gasteiger partial charge in [-0.1, -0.05) is 6.07 Å². The number of halogens is 2. The Bertz CT molecular complexity index is 682. The number of likely N-dealkylation sites (tertiary alicyclic amines) is 1. The van der Waals surface area contributed by atoms with Gasteiger partial charge < -0.3 is 10.0 Å². The molecule has 0 spiro atoms. The van der Waals surface area contributed by atoms with Crippen LogP contribution in [0.4, 0.5) is 8.78 Å². The minimum atomic E-state index is -0.757. The van der Waals surface area contributed by atoms with Gasteiger partial charge in [0.25, 0.3) is 5.91 Å². The fourth-order valence-corrected chi connectivity index (χ4v) is 2.71. The molecule has 3 rings (SSSR count). The van der Waals surface area contributed by atoms with Crippen LogP contribution in [0.1, 0.15) is 16.8 Å². The summed E-state index contributed by atoms with van der Waals surface area (Å²) < 4.78 is 27.8. The van der Waals surface area contributed by atoms with E-state index in [4.69, 9.17) is 5.11 Å². The number of carbonyl (C=O) groups is 1. The number of aromatic amines is 1. The number of rotatable bonds is 3. The molecule has 0 saturated carbocycles. The molecule has 22 heavy (non-hydrogen) atoms. The zero-order valence-electron chi connectivity index (χ0n) is 11.7. The molecule has 1 aromatic heterocycles. The summed E-state index contributed by atoms with van der Waals surface area (Å²) in [4.78, 5) is 14.1. The number of hydrogen-bond acceptors (Lipinski definition) is 3. The van der Waals surface area contributed by atoms with Gasteiger partial charge in [0.2, 0.25) is 0 Å². The van der Waals surface area contributed by atoms with Crippen molar-refractivity contribution in [3.05, 3.63) is 41.6 Å². The first kappa shape index (κ1) is 14.6. The molecular weight excluding hydrogens is 292 g/mol. The fraction of sp³-hybridized carbons (Fsp3) is 0.333. The van der Waals surface area contributed by atoms with Gasteiger partial charge in [0.15, 0.2) is 0 Å². The van der Waals surface area contributed by atoms with E-state index in [0.717, 1.165) is 12.1 Å². The average molecular weight is 307 g/mol. The van der Waals surface area contributed by atoms with E-state index in [1.165, 1.54) is 12.3 Å². The number of aliphatic hydroxyl groups excluding tert-OH is 1. The lowest BCUT2D eigenvalue weighted by Gasteiger charge is -2.16. The average Bonchev–Trinajstić information content (AvgIpc) is 3.15. The van der Waals surface area contributed by atoms with Gasteiger partial charge in [0.1, 0.15) is 11.6 Å². The summed E-state index contributed by atoms with van der Waals surface area (Å²) >= 11 is 0. The molecule has 1 unspecified atom stereocenters. The van der Waals surface area contributed by atoms with Crippen LogP contribution in [0.5, 0.6) is 0 Å².